The third-order valence-electron chi connectivity index (χ3n) is 3.07. The van der Waals surface area contributed by atoms with E-state index in [-0.39, 0.29) is 0 Å². The first-order valence-corrected chi connectivity index (χ1v) is 6.23. The Morgan fingerprint density at radius 2 is 2.11 bits per heavy atom. The van der Waals surface area contributed by atoms with Gasteiger partial charge < -0.3 is 4.57 Å². The van der Waals surface area contributed by atoms with Crippen LogP contribution in [0.2, 0.25) is 0 Å². The Bertz CT molecular complexity index is 612. The summed E-state index contributed by atoms with van der Waals surface area (Å²) in [4.78, 5) is 0. The topological polar surface area (TPSA) is 4.93 Å². The highest BCUT2D eigenvalue weighted by Crippen LogP contribution is 2.19. The molecule has 18 heavy (non-hydrogen) atoms. The van der Waals surface area contributed by atoms with Crippen molar-refractivity contribution < 1.29 is 0 Å². The first kappa shape index (κ1) is 12.4. The van der Waals surface area contributed by atoms with Crippen molar-refractivity contribution in [2.75, 3.05) is 0 Å². The van der Waals surface area contributed by atoms with Crippen molar-refractivity contribution in [3.8, 4) is 0 Å². The Morgan fingerprint density at radius 3 is 2.89 bits per heavy atom. The molecule has 1 heterocycles. The molecule has 1 heteroatoms. The average Bonchev–Trinajstić information content (AvgIpc) is 2.66. The minimum Gasteiger partial charge on any atom is -0.341 e. The molecule has 2 aromatic rings. The maximum Gasteiger partial charge on any atom is 0.0485 e. The van der Waals surface area contributed by atoms with E-state index in [0.717, 1.165) is 6.54 Å². The van der Waals surface area contributed by atoms with Gasteiger partial charge in [-0.15, -0.1) is 0 Å². The van der Waals surface area contributed by atoms with Crippen LogP contribution in [0.1, 0.15) is 12.6 Å². The third kappa shape index (κ3) is 2.62. The van der Waals surface area contributed by atoms with E-state index >= 15 is 0 Å². The van der Waals surface area contributed by atoms with Crippen molar-refractivity contribution in [2.24, 2.45) is 0 Å². The van der Waals surface area contributed by atoms with E-state index in [1.54, 1.807) is 0 Å². The number of nitrogens with zero attached hydrogens (tertiary/aromatic N) is 1. The molecule has 0 amide bonds. The maximum absolute atomic E-state index is 3.70. The van der Waals surface area contributed by atoms with Gasteiger partial charge in [-0.1, -0.05) is 54.7 Å². The standard InChI is InChI=1S/C17H19N/c1-4-8-14(2)9-7-12-18-15(3)13-16-10-5-6-11-17(16)18/h4-11,13H,1,12H2,2-3H3/b9-7-,14-8-. The van der Waals surface area contributed by atoms with Crippen LogP contribution in [0.5, 0.6) is 0 Å². The Labute approximate surface area is 109 Å². The summed E-state index contributed by atoms with van der Waals surface area (Å²) in [6, 6.07) is 10.7. The van der Waals surface area contributed by atoms with Gasteiger partial charge in [-0.3, -0.25) is 0 Å². The smallest absolute Gasteiger partial charge is 0.0485 e. The number of fused-ring (bicyclic) bond motifs is 1. The first-order valence-electron chi connectivity index (χ1n) is 6.23. The number of benzene rings is 1. The zero-order valence-electron chi connectivity index (χ0n) is 11.1. The van der Waals surface area contributed by atoms with E-state index in [0.29, 0.717) is 0 Å². The van der Waals surface area contributed by atoms with E-state index < -0.39 is 0 Å². The number of para-hydroxylation sites is 1. The fraction of sp³-hybridized carbons (Fsp3) is 0.176. The van der Waals surface area contributed by atoms with Gasteiger partial charge in [0, 0.05) is 17.8 Å². The monoisotopic (exact) mass is 237 g/mol. The molecule has 0 N–H and O–H groups in total. The summed E-state index contributed by atoms with van der Waals surface area (Å²) in [6.07, 6.45) is 8.15. The molecule has 0 atom stereocenters. The molecule has 1 aromatic carbocycles. The molecule has 0 aliphatic rings. The van der Waals surface area contributed by atoms with E-state index in [1.807, 2.05) is 12.2 Å². The molecular weight excluding hydrogens is 218 g/mol. The second-order valence-corrected chi connectivity index (χ2v) is 4.50. The van der Waals surface area contributed by atoms with Crippen LogP contribution >= 0.6 is 0 Å². The van der Waals surface area contributed by atoms with E-state index in [4.69, 9.17) is 0 Å². The number of allylic oxidation sites excluding steroid dienone is 5. The van der Waals surface area contributed by atoms with Crippen LogP contribution in [0.3, 0.4) is 0 Å². The lowest BCUT2D eigenvalue weighted by Gasteiger charge is -2.04. The van der Waals surface area contributed by atoms with E-state index in [2.05, 4.69) is 67.5 Å². The van der Waals surface area contributed by atoms with Crippen molar-refractivity contribution in [3.05, 3.63) is 72.5 Å². The van der Waals surface area contributed by atoms with Gasteiger partial charge in [0.1, 0.15) is 0 Å². The number of rotatable bonds is 4. The molecule has 0 spiro atoms. The van der Waals surface area contributed by atoms with Crippen molar-refractivity contribution in [1.29, 1.82) is 0 Å². The predicted octanol–water partition coefficient (Wildman–Crippen LogP) is 4.64. The van der Waals surface area contributed by atoms with Gasteiger partial charge in [0.05, 0.1) is 0 Å². The second-order valence-electron chi connectivity index (χ2n) is 4.50. The fourth-order valence-electron chi connectivity index (χ4n) is 2.18. The number of hydrogen-bond acceptors (Lipinski definition) is 0. The van der Waals surface area contributed by atoms with Gasteiger partial charge in [0.2, 0.25) is 0 Å². The van der Waals surface area contributed by atoms with E-state index in [1.165, 1.54) is 22.2 Å². The Kier molecular flexibility index (Phi) is 3.83. The van der Waals surface area contributed by atoms with Gasteiger partial charge in [-0.25, -0.2) is 0 Å². The molecule has 1 aromatic heterocycles. The summed E-state index contributed by atoms with van der Waals surface area (Å²) < 4.78 is 2.33. The fourth-order valence-corrected chi connectivity index (χ4v) is 2.18. The zero-order chi connectivity index (χ0) is 13.0. The van der Waals surface area contributed by atoms with Gasteiger partial charge in [0.25, 0.3) is 0 Å². The molecule has 1 nitrogen and oxygen atoms in total. The highest BCUT2D eigenvalue weighted by atomic mass is 15.0. The number of aryl methyl sites for hydroxylation is 1. The van der Waals surface area contributed by atoms with Crippen molar-refractivity contribution in [2.45, 2.75) is 20.4 Å². The Hall–Kier alpha value is -2.02. The molecule has 0 aliphatic heterocycles. The Balaban J connectivity index is 2.24. The Morgan fingerprint density at radius 1 is 1.33 bits per heavy atom. The summed E-state index contributed by atoms with van der Waals surface area (Å²) in [5.41, 5.74) is 3.82. The first-order chi connectivity index (χ1) is 8.72. The summed E-state index contributed by atoms with van der Waals surface area (Å²) in [6.45, 7) is 8.84. The molecule has 0 radical (unpaired) electrons. The normalized spacial score (nSPS) is 12.4. The van der Waals surface area contributed by atoms with Gasteiger partial charge >= 0.3 is 0 Å². The summed E-state index contributed by atoms with van der Waals surface area (Å²) >= 11 is 0. The van der Waals surface area contributed by atoms with Crippen molar-refractivity contribution in [3.63, 3.8) is 0 Å². The molecule has 2 rings (SSSR count). The SMILES string of the molecule is C=C/C=C(C)\C=C/Cn1c(C)cc2ccccc21. The van der Waals surface area contributed by atoms with Crippen LogP contribution in [0.4, 0.5) is 0 Å². The third-order valence-corrected chi connectivity index (χ3v) is 3.07. The van der Waals surface area contributed by atoms with Crippen LogP contribution in [0.25, 0.3) is 10.9 Å². The largest absolute Gasteiger partial charge is 0.341 e. The number of aromatic nitrogens is 1. The highest BCUT2D eigenvalue weighted by molar-refractivity contribution is 5.81. The molecular formula is C17H19N. The summed E-state index contributed by atoms with van der Waals surface area (Å²) in [5.74, 6) is 0. The molecule has 0 fully saturated rings. The van der Waals surface area contributed by atoms with Crippen LogP contribution in [-0.2, 0) is 6.54 Å². The van der Waals surface area contributed by atoms with Crippen LogP contribution in [0.15, 0.2) is 66.8 Å². The lowest BCUT2D eigenvalue weighted by Crippen LogP contribution is -1.96. The number of hydrogen-bond donors (Lipinski definition) is 0. The van der Waals surface area contributed by atoms with Crippen LogP contribution in [0, 0.1) is 6.92 Å². The maximum atomic E-state index is 3.70. The molecule has 92 valence electrons. The quantitative estimate of drug-likeness (QED) is 0.683. The van der Waals surface area contributed by atoms with Gasteiger partial charge in [-0.05, 0) is 31.4 Å². The molecule has 0 saturated heterocycles. The minimum atomic E-state index is 0.904. The lowest BCUT2D eigenvalue weighted by molar-refractivity contribution is 0.827. The molecule has 0 saturated carbocycles. The second kappa shape index (κ2) is 5.54. The molecule has 0 bridgehead atoms. The van der Waals surface area contributed by atoms with Crippen molar-refractivity contribution >= 4 is 10.9 Å². The zero-order valence-corrected chi connectivity index (χ0v) is 11.1. The van der Waals surface area contributed by atoms with Crippen molar-refractivity contribution in [1.82, 2.24) is 4.57 Å². The van der Waals surface area contributed by atoms with E-state index in [9.17, 15) is 0 Å². The summed E-state index contributed by atoms with van der Waals surface area (Å²) in [7, 11) is 0. The van der Waals surface area contributed by atoms with Crippen LogP contribution < -0.4 is 0 Å². The highest BCUT2D eigenvalue weighted by Gasteiger charge is 2.02. The lowest BCUT2D eigenvalue weighted by atomic mass is 10.2. The average molecular weight is 237 g/mol. The summed E-state index contributed by atoms with van der Waals surface area (Å²) in [5, 5.41) is 1.31. The minimum absolute atomic E-state index is 0.904. The van der Waals surface area contributed by atoms with Gasteiger partial charge in [-0.2, -0.15) is 0 Å². The van der Waals surface area contributed by atoms with Gasteiger partial charge in [0.15, 0.2) is 0 Å². The molecule has 0 aliphatic carbocycles. The predicted molar refractivity (Wildman–Crippen MR) is 79.8 cm³/mol. The molecule has 0 unspecified atom stereocenters. The van der Waals surface area contributed by atoms with Crippen LogP contribution in [-0.4, -0.2) is 4.57 Å².